The Kier molecular flexibility index (Phi) is 7.65. The summed E-state index contributed by atoms with van der Waals surface area (Å²) in [4.78, 5) is 6.45. The minimum absolute atomic E-state index is 0.184. The van der Waals surface area contributed by atoms with E-state index >= 15 is 0 Å². The molecule has 1 aromatic heterocycles. The summed E-state index contributed by atoms with van der Waals surface area (Å²) in [7, 11) is 0. The Labute approximate surface area is 195 Å². The lowest BCUT2D eigenvalue weighted by Crippen LogP contribution is -2.48. The maximum Gasteiger partial charge on any atom is 0.134 e. The van der Waals surface area contributed by atoms with Crippen LogP contribution in [0.2, 0.25) is 0 Å². The molecule has 1 aliphatic heterocycles. The largest absolute Gasteiger partial charge is 0.492 e. The van der Waals surface area contributed by atoms with Crippen LogP contribution in [0.5, 0.6) is 11.5 Å². The van der Waals surface area contributed by atoms with Gasteiger partial charge < -0.3 is 23.9 Å². The third kappa shape index (κ3) is 6.81. The average Bonchev–Trinajstić information content (AvgIpc) is 3.10. The Balaban J connectivity index is 1.32. The summed E-state index contributed by atoms with van der Waals surface area (Å²) >= 11 is 0. The Morgan fingerprint density at radius 2 is 1.91 bits per heavy atom. The van der Waals surface area contributed by atoms with Gasteiger partial charge in [-0.05, 0) is 49.2 Å². The van der Waals surface area contributed by atoms with Crippen LogP contribution in [0.15, 0.2) is 60.9 Å². The van der Waals surface area contributed by atoms with Crippen molar-refractivity contribution >= 4 is 0 Å². The highest BCUT2D eigenvalue weighted by atomic mass is 16.5. The summed E-state index contributed by atoms with van der Waals surface area (Å²) < 4.78 is 19.6. The standard InChI is InChI=1S/C26H33N3O4/c1-21-5-3-7-24(15-21)33-20-26(30)18-28(11-13-31-19-26)17-23-6-4-8-25(16-23)32-14-12-29-10-9-27-22(29)2/h3-10,15-16,30H,11-14,17-20H2,1-2H3. The third-order valence-electron chi connectivity index (χ3n) is 5.77. The molecule has 176 valence electrons. The van der Waals surface area contributed by atoms with Gasteiger partial charge in [0.15, 0.2) is 0 Å². The minimum atomic E-state index is -1.07. The monoisotopic (exact) mass is 451 g/mol. The fraction of sp³-hybridized carbons (Fsp3) is 0.423. The summed E-state index contributed by atoms with van der Waals surface area (Å²) in [6, 6.07) is 16.0. The van der Waals surface area contributed by atoms with Crippen LogP contribution in [0.3, 0.4) is 0 Å². The molecule has 4 rings (SSSR count). The fourth-order valence-electron chi connectivity index (χ4n) is 4.04. The minimum Gasteiger partial charge on any atom is -0.492 e. The van der Waals surface area contributed by atoms with E-state index in [9.17, 15) is 5.11 Å². The lowest BCUT2D eigenvalue weighted by molar-refractivity contribution is -0.0646. The maximum atomic E-state index is 11.2. The predicted octanol–water partition coefficient (Wildman–Crippen LogP) is 3.22. The molecule has 1 unspecified atom stereocenters. The van der Waals surface area contributed by atoms with Crippen molar-refractivity contribution in [2.45, 2.75) is 32.5 Å². The topological polar surface area (TPSA) is 69.0 Å². The smallest absolute Gasteiger partial charge is 0.134 e. The van der Waals surface area contributed by atoms with Gasteiger partial charge in [0.25, 0.3) is 0 Å². The molecule has 0 saturated carbocycles. The SMILES string of the molecule is Cc1cccc(OCC2(O)COCCN(Cc3cccc(OCCn4ccnc4C)c3)C2)c1. The number of β-amino-alcohol motifs (C(OH)–C–C–N with tert-alkyl or cyclic N) is 1. The van der Waals surface area contributed by atoms with Crippen molar-refractivity contribution in [3.05, 3.63) is 77.9 Å². The molecule has 0 amide bonds. The van der Waals surface area contributed by atoms with E-state index < -0.39 is 5.60 Å². The summed E-state index contributed by atoms with van der Waals surface area (Å²) in [6.07, 6.45) is 3.76. The zero-order valence-electron chi connectivity index (χ0n) is 19.4. The molecule has 0 spiro atoms. The average molecular weight is 452 g/mol. The lowest BCUT2D eigenvalue weighted by atomic mass is 10.1. The van der Waals surface area contributed by atoms with Gasteiger partial charge in [0.05, 0.1) is 19.8 Å². The van der Waals surface area contributed by atoms with Crippen LogP contribution < -0.4 is 9.47 Å². The van der Waals surface area contributed by atoms with Crippen molar-refractivity contribution in [2.75, 3.05) is 39.5 Å². The highest BCUT2D eigenvalue weighted by Gasteiger charge is 2.33. The first kappa shape index (κ1) is 23.3. The van der Waals surface area contributed by atoms with Crippen LogP contribution in [0.4, 0.5) is 0 Å². The van der Waals surface area contributed by atoms with E-state index in [-0.39, 0.29) is 13.2 Å². The second-order valence-corrected chi connectivity index (χ2v) is 8.76. The van der Waals surface area contributed by atoms with Gasteiger partial charge in [0, 0.05) is 32.0 Å². The normalized spacial score (nSPS) is 19.2. The molecule has 3 aromatic rings. The van der Waals surface area contributed by atoms with Crippen molar-refractivity contribution in [3.8, 4) is 11.5 Å². The van der Waals surface area contributed by atoms with Gasteiger partial charge in [-0.3, -0.25) is 4.90 Å². The third-order valence-corrected chi connectivity index (χ3v) is 5.77. The van der Waals surface area contributed by atoms with Gasteiger partial charge in [0.1, 0.15) is 36.1 Å². The second kappa shape index (κ2) is 10.8. The molecule has 2 heterocycles. The molecule has 7 nitrogen and oxygen atoms in total. The number of aryl methyl sites for hydroxylation is 2. The van der Waals surface area contributed by atoms with Crippen LogP contribution in [0, 0.1) is 13.8 Å². The van der Waals surface area contributed by atoms with E-state index in [2.05, 4.69) is 26.6 Å². The molecular formula is C26H33N3O4. The maximum absolute atomic E-state index is 11.2. The molecule has 7 heteroatoms. The van der Waals surface area contributed by atoms with E-state index in [4.69, 9.17) is 14.2 Å². The van der Waals surface area contributed by atoms with E-state index in [1.807, 2.05) is 56.4 Å². The molecule has 2 aromatic carbocycles. The highest BCUT2D eigenvalue weighted by Crippen LogP contribution is 2.20. The van der Waals surface area contributed by atoms with E-state index in [1.165, 1.54) is 0 Å². The van der Waals surface area contributed by atoms with E-state index in [1.54, 1.807) is 6.20 Å². The molecule has 33 heavy (non-hydrogen) atoms. The van der Waals surface area contributed by atoms with Gasteiger partial charge in [-0.15, -0.1) is 0 Å². The number of ether oxygens (including phenoxy) is 3. The molecule has 0 aliphatic carbocycles. The lowest BCUT2D eigenvalue weighted by Gasteiger charge is -2.30. The number of benzene rings is 2. The van der Waals surface area contributed by atoms with Crippen molar-refractivity contribution in [3.63, 3.8) is 0 Å². The van der Waals surface area contributed by atoms with Gasteiger partial charge in [-0.1, -0.05) is 24.3 Å². The van der Waals surface area contributed by atoms with Crippen LogP contribution in [0.1, 0.15) is 17.0 Å². The van der Waals surface area contributed by atoms with Crippen molar-refractivity contribution in [2.24, 2.45) is 0 Å². The van der Waals surface area contributed by atoms with Gasteiger partial charge in [0.2, 0.25) is 0 Å². The van der Waals surface area contributed by atoms with Gasteiger partial charge in [-0.25, -0.2) is 4.98 Å². The van der Waals surface area contributed by atoms with Crippen molar-refractivity contribution in [1.29, 1.82) is 0 Å². The zero-order valence-corrected chi connectivity index (χ0v) is 19.4. The number of hydrogen-bond donors (Lipinski definition) is 1. The highest BCUT2D eigenvalue weighted by molar-refractivity contribution is 5.29. The van der Waals surface area contributed by atoms with E-state index in [0.717, 1.165) is 41.5 Å². The zero-order chi connectivity index (χ0) is 23.1. The molecule has 1 fully saturated rings. The van der Waals surface area contributed by atoms with Crippen LogP contribution in [0.25, 0.3) is 0 Å². The number of aliphatic hydroxyl groups is 1. The molecule has 0 radical (unpaired) electrons. The molecule has 1 saturated heterocycles. The Morgan fingerprint density at radius 1 is 1.09 bits per heavy atom. The van der Waals surface area contributed by atoms with Crippen LogP contribution in [-0.4, -0.2) is 64.7 Å². The first-order valence-electron chi connectivity index (χ1n) is 11.4. The number of hydrogen-bond acceptors (Lipinski definition) is 6. The van der Waals surface area contributed by atoms with Crippen LogP contribution >= 0.6 is 0 Å². The number of nitrogens with zero attached hydrogens (tertiary/aromatic N) is 3. The Morgan fingerprint density at radius 3 is 2.70 bits per heavy atom. The summed E-state index contributed by atoms with van der Waals surface area (Å²) in [5.74, 6) is 2.58. The summed E-state index contributed by atoms with van der Waals surface area (Å²) in [5, 5.41) is 11.2. The van der Waals surface area contributed by atoms with E-state index in [0.29, 0.717) is 26.3 Å². The number of rotatable bonds is 9. The van der Waals surface area contributed by atoms with Crippen molar-refractivity contribution in [1.82, 2.24) is 14.5 Å². The molecule has 1 aliphatic rings. The first-order chi connectivity index (χ1) is 16.0. The number of imidazole rings is 1. The summed E-state index contributed by atoms with van der Waals surface area (Å²) in [6.45, 7) is 8.29. The first-order valence-corrected chi connectivity index (χ1v) is 11.4. The van der Waals surface area contributed by atoms with Crippen LogP contribution in [-0.2, 0) is 17.8 Å². The molecule has 0 bridgehead atoms. The molecular weight excluding hydrogens is 418 g/mol. The van der Waals surface area contributed by atoms with Gasteiger partial charge >= 0.3 is 0 Å². The Hall–Kier alpha value is -2.87. The number of aromatic nitrogens is 2. The predicted molar refractivity (Wildman–Crippen MR) is 127 cm³/mol. The Bertz CT molecular complexity index is 1040. The van der Waals surface area contributed by atoms with Crippen molar-refractivity contribution < 1.29 is 19.3 Å². The summed E-state index contributed by atoms with van der Waals surface area (Å²) in [5.41, 5.74) is 1.19. The fourth-order valence-corrected chi connectivity index (χ4v) is 4.04. The second-order valence-electron chi connectivity index (χ2n) is 8.76. The molecule has 1 N–H and O–H groups in total. The van der Waals surface area contributed by atoms with Gasteiger partial charge in [-0.2, -0.15) is 0 Å². The molecule has 1 atom stereocenters. The quantitative estimate of drug-likeness (QED) is 0.539.